The fraction of sp³-hybridized carbons (Fsp3) is 0.889. The van der Waals surface area contributed by atoms with Crippen LogP contribution in [0.15, 0.2) is 11.6 Å². The average Bonchev–Trinajstić information content (AvgIpc) is 3.67. The van der Waals surface area contributed by atoms with Gasteiger partial charge in [-0.1, -0.05) is 25.5 Å². The summed E-state index contributed by atoms with van der Waals surface area (Å²) in [6.07, 6.45) is 6.35. The van der Waals surface area contributed by atoms with Crippen LogP contribution in [0.4, 0.5) is 4.79 Å². The first-order valence-electron chi connectivity index (χ1n) is 13.4. The Morgan fingerprint density at radius 3 is 2.53 bits per heavy atom. The van der Waals surface area contributed by atoms with Crippen LogP contribution in [0.3, 0.4) is 0 Å². The van der Waals surface area contributed by atoms with Crippen LogP contribution in [0.5, 0.6) is 0 Å². The molecule has 4 rings (SSSR count). The van der Waals surface area contributed by atoms with Gasteiger partial charge in [0.15, 0.2) is 0 Å². The third-order valence-electron chi connectivity index (χ3n) is 9.32. The molecule has 0 aromatic heterocycles. The minimum absolute atomic E-state index is 0.00445. The first kappa shape index (κ1) is 25.9. The van der Waals surface area contributed by atoms with Crippen molar-refractivity contribution in [3.63, 3.8) is 0 Å². The molecule has 4 fully saturated rings. The summed E-state index contributed by atoms with van der Waals surface area (Å²) in [4.78, 5) is 16.5. The Morgan fingerprint density at radius 1 is 1.26 bits per heavy atom. The monoisotopic (exact) mass is 478 g/mol. The van der Waals surface area contributed by atoms with Crippen LogP contribution in [0.2, 0.25) is 0 Å². The molecular formula is C27H46N2O5. The number of rotatable bonds is 10. The zero-order chi connectivity index (χ0) is 24.7. The molecule has 194 valence electrons. The minimum Gasteiger partial charge on any atom is -0.465 e. The normalized spacial score (nSPS) is 41.2. The lowest BCUT2D eigenvalue weighted by Gasteiger charge is -2.47. The Kier molecular flexibility index (Phi) is 7.68. The van der Waals surface area contributed by atoms with E-state index in [1.54, 1.807) is 12.0 Å². The van der Waals surface area contributed by atoms with Gasteiger partial charge in [0, 0.05) is 31.5 Å². The molecule has 0 aromatic carbocycles. The number of ether oxygens (including phenoxy) is 3. The molecule has 7 nitrogen and oxygen atoms in total. The molecule has 1 aliphatic carbocycles. The van der Waals surface area contributed by atoms with E-state index < -0.39 is 6.09 Å². The predicted molar refractivity (Wildman–Crippen MR) is 132 cm³/mol. The van der Waals surface area contributed by atoms with E-state index in [4.69, 9.17) is 14.2 Å². The van der Waals surface area contributed by atoms with Crippen LogP contribution in [0, 0.1) is 17.8 Å². The molecule has 1 spiro atoms. The Bertz CT molecular complexity index is 760. The van der Waals surface area contributed by atoms with E-state index in [2.05, 4.69) is 45.6 Å². The number of likely N-dealkylation sites (tertiary alicyclic amines) is 1. The van der Waals surface area contributed by atoms with E-state index in [9.17, 15) is 9.90 Å². The van der Waals surface area contributed by atoms with Crippen molar-refractivity contribution in [2.75, 3.05) is 39.9 Å². The average molecular weight is 479 g/mol. The summed E-state index contributed by atoms with van der Waals surface area (Å²) in [5.41, 5.74) is 0.847. The zero-order valence-electron chi connectivity index (χ0n) is 22.1. The maximum Gasteiger partial charge on any atom is 0.407 e. The lowest BCUT2D eigenvalue weighted by atomic mass is 9.62. The summed E-state index contributed by atoms with van der Waals surface area (Å²) < 4.78 is 18.8. The Morgan fingerprint density at radius 2 is 1.97 bits per heavy atom. The highest BCUT2D eigenvalue weighted by Gasteiger charge is 2.72. The molecule has 3 saturated heterocycles. The van der Waals surface area contributed by atoms with Crippen molar-refractivity contribution in [1.82, 2.24) is 9.80 Å². The van der Waals surface area contributed by atoms with Gasteiger partial charge < -0.3 is 29.1 Å². The van der Waals surface area contributed by atoms with Crippen molar-refractivity contribution in [3.8, 4) is 0 Å². The zero-order valence-corrected chi connectivity index (χ0v) is 22.1. The van der Waals surface area contributed by atoms with Gasteiger partial charge in [-0.25, -0.2) is 4.79 Å². The van der Waals surface area contributed by atoms with Crippen molar-refractivity contribution in [1.29, 1.82) is 0 Å². The molecule has 34 heavy (non-hydrogen) atoms. The number of carboxylic acid groups (broad SMARTS) is 1. The van der Waals surface area contributed by atoms with Gasteiger partial charge in [0.2, 0.25) is 0 Å². The smallest absolute Gasteiger partial charge is 0.407 e. The summed E-state index contributed by atoms with van der Waals surface area (Å²) in [6, 6.07) is -0.00445. The van der Waals surface area contributed by atoms with Crippen LogP contribution < -0.4 is 0 Å². The number of carbonyl (C=O) groups is 1. The quantitative estimate of drug-likeness (QED) is 0.370. The third-order valence-corrected chi connectivity index (χ3v) is 9.32. The second-order valence-electron chi connectivity index (χ2n) is 11.4. The summed E-state index contributed by atoms with van der Waals surface area (Å²) in [6.45, 7) is 15.3. The highest BCUT2D eigenvalue weighted by Crippen LogP contribution is 2.61. The lowest BCUT2D eigenvalue weighted by molar-refractivity contribution is -0.102. The van der Waals surface area contributed by atoms with E-state index in [-0.39, 0.29) is 41.3 Å². The first-order valence-corrected chi connectivity index (χ1v) is 13.4. The topological polar surface area (TPSA) is 78.1 Å². The molecule has 1 saturated carbocycles. The highest BCUT2D eigenvalue weighted by atomic mass is 16.6. The standard InChI is InChI=1S/C27H46N2O5/c1-7-28(8-2)15-12-19-13-16-29(25(30)31)22(19)20-11-14-27(17-33-27)24(23(20)32-6)26(5)21(34-26)10-9-18(3)4/h9,19-24H,7-8,10-17H2,1-6H3,(H,30,31)/t19-,20-,21-,22+,23+,24-,26+,27?/m1/s1. The van der Waals surface area contributed by atoms with Crippen LogP contribution >= 0.6 is 0 Å². The maximum absolute atomic E-state index is 12.3. The van der Waals surface area contributed by atoms with Crippen molar-refractivity contribution in [2.24, 2.45) is 17.8 Å². The van der Waals surface area contributed by atoms with Crippen molar-refractivity contribution in [3.05, 3.63) is 11.6 Å². The fourth-order valence-corrected chi connectivity index (χ4v) is 7.28. The lowest BCUT2D eigenvalue weighted by Crippen LogP contribution is -2.58. The van der Waals surface area contributed by atoms with E-state index in [0.717, 1.165) is 58.3 Å². The number of hydrogen-bond donors (Lipinski definition) is 1. The van der Waals surface area contributed by atoms with Gasteiger partial charge in [-0.05, 0) is 78.4 Å². The van der Waals surface area contributed by atoms with Crippen molar-refractivity contribution < 1.29 is 24.1 Å². The van der Waals surface area contributed by atoms with Gasteiger partial charge in [-0.2, -0.15) is 0 Å². The molecule has 1 N–H and O–H groups in total. The van der Waals surface area contributed by atoms with Crippen molar-refractivity contribution >= 4 is 6.09 Å². The van der Waals surface area contributed by atoms with Gasteiger partial charge in [-0.3, -0.25) is 0 Å². The Hall–Kier alpha value is -1.15. The van der Waals surface area contributed by atoms with Gasteiger partial charge >= 0.3 is 6.09 Å². The van der Waals surface area contributed by atoms with Gasteiger partial charge in [0.25, 0.3) is 0 Å². The number of allylic oxidation sites excluding steroid dienone is 1. The van der Waals surface area contributed by atoms with Gasteiger partial charge in [0.1, 0.15) is 5.60 Å². The van der Waals surface area contributed by atoms with Crippen LogP contribution in [-0.2, 0) is 14.2 Å². The molecule has 0 radical (unpaired) electrons. The second-order valence-corrected chi connectivity index (χ2v) is 11.4. The van der Waals surface area contributed by atoms with E-state index in [0.29, 0.717) is 12.5 Å². The van der Waals surface area contributed by atoms with Gasteiger partial charge in [0.05, 0.1) is 24.4 Å². The van der Waals surface area contributed by atoms with Crippen LogP contribution in [0.25, 0.3) is 0 Å². The molecule has 4 aliphatic rings. The maximum atomic E-state index is 12.3. The molecular weight excluding hydrogens is 432 g/mol. The first-order chi connectivity index (χ1) is 16.2. The SMILES string of the molecule is CCN(CC)CC[C@@H]1CCN(C(=O)O)[C@@H]1[C@H]1CCC2(CO2)[C@@H]([C@@]2(C)O[C@@H]2CC=C(C)C)[C@H]1OC. The number of nitrogens with zero attached hydrogens (tertiary/aromatic N) is 2. The minimum atomic E-state index is -0.792. The molecule has 1 unspecified atom stereocenters. The second kappa shape index (κ2) is 10.1. The van der Waals surface area contributed by atoms with E-state index >= 15 is 0 Å². The molecule has 0 bridgehead atoms. The Balaban J connectivity index is 1.58. The van der Waals surface area contributed by atoms with Crippen LogP contribution in [-0.4, -0.2) is 90.3 Å². The number of epoxide rings is 2. The summed E-state index contributed by atoms with van der Waals surface area (Å²) in [5.74, 6) is 0.651. The molecule has 7 heteroatoms. The van der Waals surface area contributed by atoms with E-state index in [1.165, 1.54) is 5.57 Å². The predicted octanol–water partition coefficient (Wildman–Crippen LogP) is 4.41. The van der Waals surface area contributed by atoms with Gasteiger partial charge in [-0.15, -0.1) is 0 Å². The third kappa shape index (κ3) is 4.78. The number of amides is 1. The molecule has 3 aliphatic heterocycles. The molecule has 8 atom stereocenters. The summed E-state index contributed by atoms with van der Waals surface area (Å²) in [7, 11) is 1.80. The van der Waals surface area contributed by atoms with E-state index in [1.807, 2.05) is 0 Å². The molecule has 0 aromatic rings. The van der Waals surface area contributed by atoms with Crippen LogP contribution in [0.1, 0.15) is 66.7 Å². The fourth-order valence-electron chi connectivity index (χ4n) is 7.28. The largest absolute Gasteiger partial charge is 0.465 e. The summed E-state index contributed by atoms with van der Waals surface area (Å²) >= 11 is 0. The molecule has 1 amide bonds. The summed E-state index contributed by atoms with van der Waals surface area (Å²) in [5, 5.41) is 10.1. The number of hydrogen-bond acceptors (Lipinski definition) is 5. The molecule has 3 heterocycles. The van der Waals surface area contributed by atoms with Crippen molar-refractivity contribution in [2.45, 2.75) is 96.2 Å². The highest BCUT2D eigenvalue weighted by molar-refractivity contribution is 5.66. The Labute approximate surface area is 205 Å². The number of methoxy groups -OCH3 is 1.